The lowest BCUT2D eigenvalue weighted by Crippen LogP contribution is -2.36. The number of rotatable bonds is 1. The van der Waals surface area contributed by atoms with Crippen molar-refractivity contribution in [2.24, 2.45) is 16.7 Å². The minimum absolute atomic E-state index is 0. The monoisotopic (exact) mass is 394 g/mol. The van der Waals surface area contributed by atoms with E-state index in [2.05, 4.69) is 10.6 Å². The van der Waals surface area contributed by atoms with Gasteiger partial charge < -0.3 is 15.7 Å². The molecule has 4 nitrogen and oxygen atoms in total. The Bertz CT molecular complexity index is 400. The van der Waals surface area contributed by atoms with Crippen molar-refractivity contribution >= 4 is 30.8 Å². The summed E-state index contributed by atoms with van der Waals surface area (Å²) in [5.74, 6) is -0.736. The van der Waals surface area contributed by atoms with E-state index < -0.39 is 5.97 Å². The molecule has 3 N–H and O–H groups in total. The maximum atomic E-state index is 11.0. The van der Waals surface area contributed by atoms with Crippen LogP contribution in [0.4, 0.5) is 0 Å². The molecule has 0 aromatic carbocycles. The van der Waals surface area contributed by atoms with E-state index in [-0.39, 0.29) is 36.1 Å². The normalized spacial score (nSPS) is 29.2. The largest absolute Gasteiger partial charge is 0.481 e. The van der Waals surface area contributed by atoms with Crippen LogP contribution in [0.5, 0.6) is 0 Å². The van der Waals surface area contributed by atoms with Gasteiger partial charge in [0, 0.05) is 19.6 Å². The molecule has 2 saturated carbocycles. The lowest BCUT2D eigenvalue weighted by atomic mass is 9.68. The maximum Gasteiger partial charge on any atom is 0.308 e. The summed E-state index contributed by atoms with van der Waals surface area (Å²) in [6.45, 7) is 4.19. The Balaban J connectivity index is 0.000000237. The highest BCUT2D eigenvalue weighted by molar-refractivity contribution is 5.85. The highest BCUT2D eigenvalue weighted by Crippen LogP contribution is 2.44. The molecular formula is C19H36Cl2N2O2. The summed E-state index contributed by atoms with van der Waals surface area (Å²) < 4.78 is 0. The zero-order chi connectivity index (χ0) is 16.2. The van der Waals surface area contributed by atoms with Gasteiger partial charge in [-0.3, -0.25) is 4.79 Å². The molecule has 0 aromatic rings. The molecule has 4 fully saturated rings. The van der Waals surface area contributed by atoms with Gasteiger partial charge in [0.05, 0.1) is 5.92 Å². The van der Waals surface area contributed by atoms with Gasteiger partial charge in [0.2, 0.25) is 0 Å². The van der Waals surface area contributed by atoms with Gasteiger partial charge in [0.15, 0.2) is 0 Å². The summed E-state index contributed by atoms with van der Waals surface area (Å²) in [7, 11) is 0. The molecule has 148 valence electrons. The number of carboxylic acid groups (broad SMARTS) is 1. The summed E-state index contributed by atoms with van der Waals surface area (Å²) in [5.41, 5.74) is 0.863. The number of halogens is 2. The van der Waals surface area contributed by atoms with Crippen LogP contribution in [-0.4, -0.2) is 37.3 Å². The van der Waals surface area contributed by atoms with Crippen molar-refractivity contribution in [3.63, 3.8) is 0 Å². The van der Waals surface area contributed by atoms with Crippen LogP contribution in [0.2, 0.25) is 0 Å². The molecule has 2 heterocycles. The molecular weight excluding hydrogens is 359 g/mol. The SMILES string of the molecule is C1CCC2(CC1)CCNC2.Cl.Cl.O=C(O)[C@@H]1CNCC12CCCCC2. The van der Waals surface area contributed by atoms with E-state index in [0.29, 0.717) is 6.54 Å². The van der Waals surface area contributed by atoms with Crippen LogP contribution in [0.15, 0.2) is 0 Å². The highest BCUT2D eigenvalue weighted by Gasteiger charge is 2.46. The molecule has 2 aliphatic carbocycles. The van der Waals surface area contributed by atoms with Gasteiger partial charge >= 0.3 is 5.97 Å². The molecule has 2 spiro atoms. The zero-order valence-corrected chi connectivity index (χ0v) is 17.0. The third-order valence-electron chi connectivity index (χ3n) is 6.96. The molecule has 4 aliphatic rings. The fraction of sp³-hybridized carbons (Fsp3) is 0.947. The second-order valence-corrected chi connectivity index (χ2v) is 8.43. The Morgan fingerprint density at radius 3 is 1.92 bits per heavy atom. The number of hydrogen-bond acceptors (Lipinski definition) is 3. The summed E-state index contributed by atoms with van der Waals surface area (Å²) in [5, 5.41) is 15.8. The maximum absolute atomic E-state index is 11.0. The average Bonchev–Trinajstić information content (AvgIpc) is 3.17. The van der Waals surface area contributed by atoms with Crippen LogP contribution in [0.1, 0.15) is 70.6 Å². The molecule has 2 aliphatic heterocycles. The van der Waals surface area contributed by atoms with E-state index in [1.54, 1.807) is 0 Å². The van der Waals surface area contributed by atoms with E-state index in [9.17, 15) is 4.79 Å². The first-order valence-electron chi connectivity index (χ1n) is 9.80. The smallest absolute Gasteiger partial charge is 0.308 e. The molecule has 0 amide bonds. The summed E-state index contributed by atoms with van der Waals surface area (Å²) in [4.78, 5) is 11.0. The third-order valence-corrected chi connectivity index (χ3v) is 6.96. The first-order valence-corrected chi connectivity index (χ1v) is 9.80. The van der Waals surface area contributed by atoms with E-state index in [4.69, 9.17) is 5.11 Å². The second-order valence-electron chi connectivity index (χ2n) is 8.43. The molecule has 0 bridgehead atoms. The summed E-state index contributed by atoms with van der Waals surface area (Å²) in [6.07, 6.45) is 14.8. The number of carbonyl (C=O) groups is 1. The third kappa shape index (κ3) is 5.47. The van der Waals surface area contributed by atoms with Crippen molar-refractivity contribution in [3.05, 3.63) is 0 Å². The van der Waals surface area contributed by atoms with E-state index in [1.807, 2.05) is 0 Å². The Morgan fingerprint density at radius 1 is 0.800 bits per heavy atom. The molecule has 0 radical (unpaired) electrons. The average molecular weight is 395 g/mol. The zero-order valence-electron chi connectivity index (χ0n) is 15.4. The molecule has 25 heavy (non-hydrogen) atoms. The molecule has 4 rings (SSSR count). The van der Waals surface area contributed by atoms with Crippen molar-refractivity contribution in [1.82, 2.24) is 10.6 Å². The van der Waals surface area contributed by atoms with Crippen LogP contribution in [-0.2, 0) is 4.79 Å². The van der Waals surface area contributed by atoms with Gasteiger partial charge in [-0.2, -0.15) is 0 Å². The minimum atomic E-state index is -0.605. The fourth-order valence-electron chi connectivity index (χ4n) is 5.46. The van der Waals surface area contributed by atoms with Gasteiger partial charge in [-0.05, 0) is 49.5 Å². The first-order chi connectivity index (χ1) is 11.2. The summed E-state index contributed by atoms with van der Waals surface area (Å²) in [6, 6.07) is 0. The van der Waals surface area contributed by atoms with Gasteiger partial charge in [-0.15, -0.1) is 24.8 Å². The Hall–Kier alpha value is -0.0300. The van der Waals surface area contributed by atoms with Gasteiger partial charge in [-0.25, -0.2) is 0 Å². The van der Waals surface area contributed by atoms with Crippen molar-refractivity contribution in [2.75, 3.05) is 26.2 Å². The Labute approximate surface area is 165 Å². The Kier molecular flexibility index (Phi) is 9.52. The minimum Gasteiger partial charge on any atom is -0.481 e. The number of carboxylic acids is 1. The van der Waals surface area contributed by atoms with E-state index in [1.165, 1.54) is 70.9 Å². The molecule has 0 unspecified atom stereocenters. The van der Waals surface area contributed by atoms with Crippen molar-refractivity contribution < 1.29 is 9.90 Å². The van der Waals surface area contributed by atoms with Crippen molar-refractivity contribution in [2.45, 2.75) is 70.6 Å². The number of hydrogen-bond donors (Lipinski definition) is 3. The predicted octanol–water partition coefficient (Wildman–Crippen LogP) is 4.01. The lowest BCUT2D eigenvalue weighted by molar-refractivity contribution is -0.145. The molecule has 1 atom stereocenters. The molecule has 2 saturated heterocycles. The first kappa shape index (κ1) is 23.0. The predicted molar refractivity (Wildman–Crippen MR) is 107 cm³/mol. The van der Waals surface area contributed by atoms with Gasteiger partial charge in [-0.1, -0.05) is 38.5 Å². The van der Waals surface area contributed by atoms with Gasteiger partial charge in [0.25, 0.3) is 0 Å². The quantitative estimate of drug-likeness (QED) is 0.628. The van der Waals surface area contributed by atoms with E-state index in [0.717, 1.165) is 24.8 Å². The molecule has 6 heteroatoms. The van der Waals surface area contributed by atoms with Gasteiger partial charge in [0.1, 0.15) is 0 Å². The van der Waals surface area contributed by atoms with Crippen molar-refractivity contribution in [1.29, 1.82) is 0 Å². The Morgan fingerprint density at radius 2 is 1.40 bits per heavy atom. The van der Waals surface area contributed by atoms with E-state index >= 15 is 0 Å². The van der Waals surface area contributed by atoms with Crippen LogP contribution in [0.25, 0.3) is 0 Å². The standard InChI is InChI=1S/C10H17NO2.C9H17N.2ClH/c12-9(13)8-6-11-7-10(8)4-2-1-3-5-10;1-2-4-9(5-3-1)6-7-10-8-9;;/h8,11H,1-7H2,(H,12,13);10H,1-8H2;2*1H/t8-;;;/m0.../s1. The lowest BCUT2D eigenvalue weighted by Gasteiger charge is -2.36. The number of nitrogens with one attached hydrogen (secondary N) is 2. The van der Waals surface area contributed by atoms with Crippen LogP contribution >= 0.6 is 24.8 Å². The highest BCUT2D eigenvalue weighted by atomic mass is 35.5. The van der Waals surface area contributed by atoms with Crippen LogP contribution < -0.4 is 10.6 Å². The van der Waals surface area contributed by atoms with Crippen molar-refractivity contribution in [3.8, 4) is 0 Å². The second kappa shape index (κ2) is 10.3. The van der Waals surface area contributed by atoms with Crippen LogP contribution in [0, 0.1) is 16.7 Å². The van der Waals surface area contributed by atoms with Crippen LogP contribution in [0.3, 0.4) is 0 Å². The summed E-state index contributed by atoms with van der Waals surface area (Å²) >= 11 is 0. The fourth-order valence-corrected chi connectivity index (χ4v) is 5.46. The topological polar surface area (TPSA) is 61.4 Å². The molecule has 0 aromatic heterocycles. The number of aliphatic carboxylic acids is 1.